The van der Waals surface area contributed by atoms with Gasteiger partial charge in [-0.15, -0.1) is 0 Å². The molecule has 0 aromatic heterocycles. The second-order valence-electron chi connectivity index (χ2n) is 7.28. The molecule has 0 spiro atoms. The van der Waals surface area contributed by atoms with E-state index in [1.807, 2.05) is 0 Å². The Morgan fingerprint density at radius 1 is 1.07 bits per heavy atom. The molecule has 1 saturated carbocycles. The van der Waals surface area contributed by atoms with Crippen molar-refractivity contribution in [2.45, 2.75) is 12.8 Å². The number of urea groups is 1. The van der Waals surface area contributed by atoms with E-state index >= 15 is 0 Å². The quantitative estimate of drug-likeness (QED) is 0.614. The predicted molar refractivity (Wildman–Crippen MR) is 99.1 cm³/mol. The van der Waals surface area contributed by atoms with Crippen molar-refractivity contribution in [3.63, 3.8) is 0 Å². The highest BCUT2D eigenvalue weighted by Gasteiger charge is 2.56. The third-order valence-corrected chi connectivity index (χ3v) is 5.82. The van der Waals surface area contributed by atoms with Crippen molar-refractivity contribution in [2.75, 3.05) is 25.5 Å². The lowest BCUT2D eigenvalue weighted by atomic mass is 9.63. The van der Waals surface area contributed by atoms with E-state index in [1.165, 1.54) is 4.90 Å². The van der Waals surface area contributed by atoms with E-state index in [1.54, 1.807) is 31.4 Å². The molecule has 7 nitrogen and oxygen atoms in total. The molecule has 2 N–H and O–H groups in total. The molecule has 4 atom stereocenters. The molecule has 142 valence electrons. The Labute approximate surface area is 157 Å². The number of hydrogen-bond donors (Lipinski definition) is 2. The third-order valence-electron chi connectivity index (χ3n) is 5.82. The highest BCUT2D eigenvalue weighted by Crippen LogP contribution is 2.49. The van der Waals surface area contributed by atoms with Gasteiger partial charge in [0.15, 0.2) is 0 Å². The fraction of sp³-hybridized carbons (Fsp3) is 0.450. The Morgan fingerprint density at radius 3 is 2.19 bits per heavy atom. The molecule has 3 aliphatic carbocycles. The summed E-state index contributed by atoms with van der Waals surface area (Å²) in [6, 6.07) is 6.60. The molecule has 1 aromatic rings. The average molecular weight is 369 g/mol. The van der Waals surface area contributed by atoms with E-state index in [9.17, 15) is 14.4 Å². The number of amides is 4. The minimum Gasteiger partial charge on any atom is -0.497 e. The fourth-order valence-electron chi connectivity index (χ4n) is 4.49. The van der Waals surface area contributed by atoms with E-state index < -0.39 is 0 Å². The standard InChI is InChI=1S/C20H23N3O4/c1-27-15-8-6-14(7-9-15)22-20(26)21-10-11-23-18(24)16-12-2-3-13(5-4-12)17(16)19(23)25/h2-3,6-9,12-13,16-17H,4-5,10-11H2,1H3,(H2,21,22,26). The van der Waals surface area contributed by atoms with Crippen molar-refractivity contribution in [3.05, 3.63) is 36.4 Å². The van der Waals surface area contributed by atoms with Gasteiger partial charge in [-0.3, -0.25) is 14.5 Å². The van der Waals surface area contributed by atoms with Crippen LogP contribution in [0.2, 0.25) is 0 Å². The number of benzene rings is 1. The third kappa shape index (κ3) is 3.18. The number of ether oxygens (including phenoxy) is 1. The van der Waals surface area contributed by atoms with Crippen LogP contribution in [0.15, 0.2) is 36.4 Å². The first kappa shape index (κ1) is 17.6. The van der Waals surface area contributed by atoms with Gasteiger partial charge in [0.25, 0.3) is 0 Å². The van der Waals surface area contributed by atoms with Crippen LogP contribution in [-0.4, -0.2) is 42.9 Å². The van der Waals surface area contributed by atoms with Crippen LogP contribution < -0.4 is 15.4 Å². The summed E-state index contributed by atoms with van der Waals surface area (Å²) >= 11 is 0. The molecule has 1 saturated heterocycles. The SMILES string of the molecule is COc1ccc(NC(=O)NCCN2C(=O)C3C4C=CC(CC4)C3C2=O)cc1. The monoisotopic (exact) mass is 369 g/mol. The summed E-state index contributed by atoms with van der Waals surface area (Å²) in [6.45, 7) is 0.432. The summed E-state index contributed by atoms with van der Waals surface area (Å²) in [5.41, 5.74) is 0.635. The maximum atomic E-state index is 12.7. The molecule has 4 amide bonds. The molecular formula is C20H23N3O4. The van der Waals surface area contributed by atoms with Gasteiger partial charge in [-0.2, -0.15) is 0 Å². The normalized spacial score (nSPS) is 28.3. The number of allylic oxidation sites excluding steroid dienone is 2. The summed E-state index contributed by atoms with van der Waals surface area (Å²) in [4.78, 5) is 38.7. The zero-order valence-electron chi connectivity index (χ0n) is 15.2. The number of carbonyl (C=O) groups is 3. The van der Waals surface area contributed by atoms with Gasteiger partial charge in [-0.05, 0) is 48.9 Å². The summed E-state index contributed by atoms with van der Waals surface area (Å²) in [7, 11) is 1.58. The Bertz CT molecular complexity index is 757. The van der Waals surface area contributed by atoms with Crippen LogP contribution in [-0.2, 0) is 9.59 Å². The van der Waals surface area contributed by atoms with Crippen LogP contribution in [0, 0.1) is 23.7 Å². The Morgan fingerprint density at radius 2 is 1.67 bits per heavy atom. The number of nitrogens with one attached hydrogen (secondary N) is 2. The van der Waals surface area contributed by atoms with E-state index in [0.29, 0.717) is 11.4 Å². The van der Waals surface area contributed by atoms with Gasteiger partial charge in [-0.1, -0.05) is 12.2 Å². The molecule has 7 heteroatoms. The van der Waals surface area contributed by atoms with Crippen LogP contribution in [0.1, 0.15) is 12.8 Å². The number of anilines is 1. The maximum Gasteiger partial charge on any atom is 0.319 e. The number of rotatable bonds is 5. The molecule has 0 radical (unpaired) electrons. The number of hydrogen-bond acceptors (Lipinski definition) is 4. The predicted octanol–water partition coefficient (Wildman–Crippen LogP) is 2.01. The smallest absolute Gasteiger partial charge is 0.319 e. The second-order valence-corrected chi connectivity index (χ2v) is 7.28. The number of nitrogens with zero attached hydrogens (tertiary/aromatic N) is 1. The van der Waals surface area contributed by atoms with Gasteiger partial charge in [0, 0.05) is 18.8 Å². The number of carbonyl (C=O) groups excluding carboxylic acids is 3. The first-order chi connectivity index (χ1) is 13.1. The summed E-state index contributed by atoms with van der Waals surface area (Å²) in [6.07, 6.45) is 6.17. The first-order valence-electron chi connectivity index (χ1n) is 9.31. The molecule has 5 rings (SSSR count). The summed E-state index contributed by atoms with van der Waals surface area (Å²) < 4.78 is 5.07. The van der Waals surface area contributed by atoms with Crippen molar-refractivity contribution in [1.82, 2.24) is 10.2 Å². The molecule has 2 fully saturated rings. The minimum absolute atomic E-state index is 0.0820. The van der Waals surface area contributed by atoms with Gasteiger partial charge in [0.05, 0.1) is 18.9 Å². The van der Waals surface area contributed by atoms with Gasteiger partial charge < -0.3 is 15.4 Å². The highest BCUT2D eigenvalue weighted by molar-refractivity contribution is 6.06. The van der Waals surface area contributed by atoms with Gasteiger partial charge in [-0.25, -0.2) is 4.79 Å². The number of imide groups is 1. The second kappa shape index (κ2) is 7.06. The van der Waals surface area contributed by atoms with E-state index in [2.05, 4.69) is 22.8 Å². The zero-order chi connectivity index (χ0) is 19.0. The van der Waals surface area contributed by atoms with Crippen LogP contribution in [0.4, 0.5) is 10.5 Å². The largest absolute Gasteiger partial charge is 0.497 e. The number of methoxy groups -OCH3 is 1. The molecule has 1 heterocycles. The topological polar surface area (TPSA) is 87.7 Å². The summed E-state index contributed by atoms with van der Waals surface area (Å²) in [5.74, 6) is 0.518. The van der Waals surface area contributed by atoms with Gasteiger partial charge in [0.2, 0.25) is 11.8 Å². The summed E-state index contributed by atoms with van der Waals surface area (Å²) in [5, 5.41) is 5.42. The maximum absolute atomic E-state index is 12.7. The van der Waals surface area contributed by atoms with Crippen molar-refractivity contribution >= 4 is 23.5 Å². The van der Waals surface area contributed by atoms with Crippen LogP contribution in [0.3, 0.4) is 0 Å². The highest BCUT2D eigenvalue weighted by atomic mass is 16.5. The van der Waals surface area contributed by atoms with Crippen molar-refractivity contribution in [3.8, 4) is 5.75 Å². The van der Waals surface area contributed by atoms with E-state index in [4.69, 9.17) is 4.74 Å². The Hall–Kier alpha value is -2.83. The molecule has 1 aromatic carbocycles. The lowest BCUT2D eigenvalue weighted by Crippen LogP contribution is -2.40. The van der Waals surface area contributed by atoms with Crippen molar-refractivity contribution in [2.24, 2.45) is 23.7 Å². The van der Waals surface area contributed by atoms with Crippen molar-refractivity contribution < 1.29 is 19.1 Å². The number of likely N-dealkylation sites (tertiary alicyclic amines) is 1. The molecule has 27 heavy (non-hydrogen) atoms. The molecule has 2 bridgehead atoms. The minimum atomic E-state index is -0.376. The van der Waals surface area contributed by atoms with E-state index in [-0.39, 0.29) is 54.6 Å². The molecule has 1 aliphatic heterocycles. The fourth-order valence-corrected chi connectivity index (χ4v) is 4.49. The average Bonchev–Trinajstić information content (AvgIpc) is 2.96. The molecular weight excluding hydrogens is 346 g/mol. The van der Waals surface area contributed by atoms with Gasteiger partial charge >= 0.3 is 6.03 Å². The lowest BCUT2D eigenvalue weighted by molar-refractivity contribution is -0.140. The van der Waals surface area contributed by atoms with Gasteiger partial charge in [0.1, 0.15) is 5.75 Å². The lowest BCUT2D eigenvalue weighted by Gasteiger charge is -2.38. The molecule has 4 unspecified atom stereocenters. The Balaban J connectivity index is 1.29. The molecule has 4 aliphatic rings. The van der Waals surface area contributed by atoms with Crippen LogP contribution in [0.25, 0.3) is 0 Å². The van der Waals surface area contributed by atoms with Crippen molar-refractivity contribution in [1.29, 1.82) is 0 Å². The number of fused-ring (bicyclic) bond motifs is 1. The zero-order valence-corrected chi connectivity index (χ0v) is 15.2. The van der Waals surface area contributed by atoms with Crippen LogP contribution >= 0.6 is 0 Å². The first-order valence-corrected chi connectivity index (χ1v) is 9.31. The van der Waals surface area contributed by atoms with E-state index in [0.717, 1.165) is 12.8 Å². The Kier molecular flexibility index (Phi) is 4.59. The van der Waals surface area contributed by atoms with Crippen LogP contribution in [0.5, 0.6) is 5.75 Å².